The van der Waals surface area contributed by atoms with Crippen molar-refractivity contribution in [2.75, 3.05) is 0 Å². The number of aromatic amines is 1. The van der Waals surface area contributed by atoms with Crippen molar-refractivity contribution >= 4 is 17.7 Å². The minimum Gasteiger partial charge on any atom is -0.361 e. The standard InChI is InChI=1S/C8H6ClN3/c9-8-6-1-3-11-7(6)2-4-12(8)5-10/h1-4,8,11H. The molecule has 0 saturated carbocycles. The SMILES string of the molecule is N#CN1C=Cc2[nH]ccc2C1Cl. The fraction of sp³-hybridized carbons (Fsp3) is 0.125. The van der Waals surface area contributed by atoms with Crippen LogP contribution in [0, 0.1) is 11.5 Å². The van der Waals surface area contributed by atoms with Gasteiger partial charge in [0.1, 0.15) is 5.50 Å². The van der Waals surface area contributed by atoms with Crippen LogP contribution in [-0.4, -0.2) is 9.88 Å². The quantitative estimate of drug-likeness (QED) is 0.376. The molecule has 60 valence electrons. The minimum atomic E-state index is -0.374. The zero-order valence-corrected chi connectivity index (χ0v) is 6.92. The van der Waals surface area contributed by atoms with Gasteiger partial charge < -0.3 is 4.98 Å². The lowest BCUT2D eigenvalue weighted by Crippen LogP contribution is -2.16. The number of hydrogen-bond donors (Lipinski definition) is 1. The molecule has 0 fully saturated rings. The molecule has 0 amide bonds. The molecule has 0 aromatic carbocycles. The lowest BCUT2D eigenvalue weighted by molar-refractivity contribution is 0.494. The lowest BCUT2D eigenvalue weighted by Gasteiger charge is -2.20. The summed E-state index contributed by atoms with van der Waals surface area (Å²) >= 11 is 5.99. The first-order chi connectivity index (χ1) is 5.83. The molecule has 1 aliphatic heterocycles. The summed E-state index contributed by atoms with van der Waals surface area (Å²) in [6.07, 6.45) is 7.29. The van der Waals surface area contributed by atoms with Crippen molar-refractivity contribution in [1.29, 1.82) is 5.26 Å². The summed E-state index contributed by atoms with van der Waals surface area (Å²) in [6, 6.07) is 1.88. The second-order valence-corrected chi connectivity index (χ2v) is 2.92. The van der Waals surface area contributed by atoms with Crippen LogP contribution in [0.4, 0.5) is 0 Å². The molecule has 12 heavy (non-hydrogen) atoms. The summed E-state index contributed by atoms with van der Waals surface area (Å²) in [5.74, 6) is 0. The summed E-state index contributed by atoms with van der Waals surface area (Å²) in [5, 5.41) is 8.65. The van der Waals surface area contributed by atoms with Crippen LogP contribution in [0.5, 0.6) is 0 Å². The van der Waals surface area contributed by atoms with Crippen molar-refractivity contribution < 1.29 is 0 Å². The average Bonchev–Trinajstić information content (AvgIpc) is 2.53. The molecule has 2 rings (SSSR count). The highest BCUT2D eigenvalue weighted by molar-refractivity contribution is 6.21. The molecule has 0 saturated heterocycles. The maximum absolute atomic E-state index is 8.65. The number of nitrogens with one attached hydrogen (secondary N) is 1. The average molecular weight is 180 g/mol. The van der Waals surface area contributed by atoms with Gasteiger partial charge in [-0.15, -0.1) is 0 Å². The van der Waals surface area contributed by atoms with Gasteiger partial charge in [-0.25, -0.2) is 0 Å². The first-order valence-corrected chi connectivity index (χ1v) is 3.94. The second-order valence-electron chi connectivity index (χ2n) is 2.51. The van der Waals surface area contributed by atoms with E-state index in [0.717, 1.165) is 11.3 Å². The number of hydrogen-bond acceptors (Lipinski definition) is 2. The third kappa shape index (κ3) is 0.892. The van der Waals surface area contributed by atoms with E-state index in [-0.39, 0.29) is 5.50 Å². The summed E-state index contributed by atoms with van der Waals surface area (Å²) in [4.78, 5) is 4.43. The van der Waals surface area contributed by atoms with Gasteiger partial charge in [0.15, 0.2) is 6.19 Å². The molecule has 4 heteroatoms. The van der Waals surface area contributed by atoms with E-state index in [1.54, 1.807) is 6.20 Å². The Morgan fingerprint density at radius 1 is 1.67 bits per heavy atom. The Kier molecular flexibility index (Phi) is 1.56. The molecule has 1 aromatic heterocycles. The van der Waals surface area contributed by atoms with Crippen LogP contribution in [0.25, 0.3) is 6.08 Å². The smallest absolute Gasteiger partial charge is 0.185 e. The van der Waals surface area contributed by atoms with Crippen molar-refractivity contribution in [3.8, 4) is 6.19 Å². The number of aromatic nitrogens is 1. The van der Waals surface area contributed by atoms with Crippen molar-refractivity contribution in [3.63, 3.8) is 0 Å². The Balaban J connectivity index is 2.46. The third-order valence-electron chi connectivity index (χ3n) is 1.83. The highest BCUT2D eigenvalue weighted by Crippen LogP contribution is 2.31. The Hall–Kier alpha value is -1.40. The molecule has 1 aliphatic rings. The summed E-state index contributed by atoms with van der Waals surface area (Å²) in [7, 11) is 0. The second kappa shape index (κ2) is 2.58. The molecule has 1 N–H and O–H groups in total. The number of nitriles is 1. The highest BCUT2D eigenvalue weighted by Gasteiger charge is 2.21. The molecular weight excluding hydrogens is 174 g/mol. The number of rotatable bonds is 0. The zero-order chi connectivity index (χ0) is 8.55. The first-order valence-electron chi connectivity index (χ1n) is 3.50. The summed E-state index contributed by atoms with van der Waals surface area (Å²) in [5.41, 5.74) is 1.54. The Bertz CT molecular complexity index is 361. The van der Waals surface area contributed by atoms with Crippen LogP contribution in [0.1, 0.15) is 16.8 Å². The topological polar surface area (TPSA) is 42.8 Å². The molecule has 1 atom stereocenters. The predicted molar refractivity (Wildman–Crippen MR) is 45.9 cm³/mol. The van der Waals surface area contributed by atoms with Crippen molar-refractivity contribution in [2.45, 2.75) is 5.50 Å². The third-order valence-corrected chi connectivity index (χ3v) is 2.28. The predicted octanol–water partition coefficient (Wildman–Crippen LogP) is 2.02. The van der Waals surface area contributed by atoms with Gasteiger partial charge >= 0.3 is 0 Å². The lowest BCUT2D eigenvalue weighted by atomic mass is 10.2. The first kappa shape index (κ1) is 7.26. The number of fused-ring (bicyclic) bond motifs is 1. The molecule has 1 unspecified atom stereocenters. The van der Waals surface area contributed by atoms with Crippen LogP contribution < -0.4 is 0 Å². The van der Waals surface area contributed by atoms with E-state index in [4.69, 9.17) is 16.9 Å². The molecule has 1 aromatic rings. The summed E-state index contributed by atoms with van der Waals surface area (Å²) < 4.78 is 0. The van der Waals surface area contributed by atoms with Crippen molar-refractivity contribution in [3.05, 3.63) is 29.7 Å². The number of H-pyrrole nitrogens is 1. The van der Waals surface area contributed by atoms with E-state index in [9.17, 15) is 0 Å². The van der Waals surface area contributed by atoms with Crippen LogP contribution >= 0.6 is 11.6 Å². The molecule has 3 nitrogen and oxygen atoms in total. The fourth-order valence-corrected chi connectivity index (χ4v) is 1.51. The number of nitrogens with zero attached hydrogens (tertiary/aromatic N) is 2. The maximum Gasteiger partial charge on any atom is 0.185 e. The van der Waals surface area contributed by atoms with E-state index < -0.39 is 0 Å². The fourth-order valence-electron chi connectivity index (χ4n) is 1.21. The van der Waals surface area contributed by atoms with Gasteiger partial charge in [0.25, 0.3) is 0 Å². The van der Waals surface area contributed by atoms with Crippen LogP contribution in [-0.2, 0) is 0 Å². The van der Waals surface area contributed by atoms with E-state index >= 15 is 0 Å². The minimum absolute atomic E-state index is 0.374. The normalized spacial score (nSPS) is 20.3. The van der Waals surface area contributed by atoms with E-state index in [2.05, 4.69) is 4.98 Å². The Labute approximate surface area is 74.9 Å². The monoisotopic (exact) mass is 179 g/mol. The van der Waals surface area contributed by atoms with E-state index in [1.807, 2.05) is 24.5 Å². The van der Waals surface area contributed by atoms with Gasteiger partial charge in [-0.3, -0.25) is 4.90 Å². The Morgan fingerprint density at radius 3 is 3.25 bits per heavy atom. The van der Waals surface area contributed by atoms with Crippen LogP contribution in [0.2, 0.25) is 0 Å². The van der Waals surface area contributed by atoms with Crippen molar-refractivity contribution in [2.24, 2.45) is 0 Å². The number of alkyl halides is 1. The van der Waals surface area contributed by atoms with Gasteiger partial charge in [-0.2, -0.15) is 5.26 Å². The largest absolute Gasteiger partial charge is 0.361 e. The molecule has 0 bridgehead atoms. The van der Waals surface area contributed by atoms with Crippen LogP contribution in [0.3, 0.4) is 0 Å². The van der Waals surface area contributed by atoms with Gasteiger partial charge in [0.2, 0.25) is 0 Å². The van der Waals surface area contributed by atoms with Gasteiger partial charge in [-0.1, -0.05) is 11.6 Å². The van der Waals surface area contributed by atoms with E-state index in [0.29, 0.717) is 0 Å². The summed E-state index contributed by atoms with van der Waals surface area (Å²) in [6.45, 7) is 0. The number of halogens is 1. The van der Waals surface area contributed by atoms with Gasteiger partial charge in [-0.05, 0) is 12.1 Å². The van der Waals surface area contributed by atoms with Gasteiger partial charge in [0, 0.05) is 23.7 Å². The highest BCUT2D eigenvalue weighted by atomic mass is 35.5. The molecular formula is C8H6ClN3. The van der Waals surface area contributed by atoms with E-state index in [1.165, 1.54) is 4.90 Å². The molecule has 0 spiro atoms. The maximum atomic E-state index is 8.65. The Morgan fingerprint density at radius 2 is 2.50 bits per heavy atom. The van der Waals surface area contributed by atoms with Crippen molar-refractivity contribution in [1.82, 2.24) is 9.88 Å². The van der Waals surface area contributed by atoms with Crippen LogP contribution in [0.15, 0.2) is 18.5 Å². The van der Waals surface area contributed by atoms with Gasteiger partial charge in [0.05, 0.1) is 0 Å². The molecule has 0 radical (unpaired) electrons. The zero-order valence-electron chi connectivity index (χ0n) is 6.16. The molecule has 2 heterocycles. The molecule has 0 aliphatic carbocycles.